The van der Waals surface area contributed by atoms with Crippen molar-refractivity contribution in [2.24, 2.45) is 5.92 Å². The van der Waals surface area contributed by atoms with Gasteiger partial charge in [-0.25, -0.2) is 9.97 Å². The maximum absolute atomic E-state index is 13.3. The summed E-state index contributed by atoms with van der Waals surface area (Å²) in [4.78, 5) is 65.0. The molecule has 3 fully saturated rings. The van der Waals surface area contributed by atoms with Gasteiger partial charge in [-0.3, -0.25) is 34.3 Å². The maximum atomic E-state index is 13.3. The number of amides is 4. The number of hydrogen-bond acceptors (Lipinski definition) is 10. The van der Waals surface area contributed by atoms with E-state index in [0.717, 1.165) is 66.4 Å². The Labute approximate surface area is 335 Å². The number of anilines is 1. The van der Waals surface area contributed by atoms with Gasteiger partial charge in [0, 0.05) is 53.8 Å². The number of nitriles is 1. The van der Waals surface area contributed by atoms with Gasteiger partial charge in [-0.05, 0) is 104 Å². The number of nitrogens with one attached hydrogen (secondary N) is 1. The molecule has 12 nitrogen and oxygen atoms in total. The van der Waals surface area contributed by atoms with Gasteiger partial charge in [0.1, 0.15) is 18.4 Å². The molecule has 57 heavy (non-hydrogen) atoms. The summed E-state index contributed by atoms with van der Waals surface area (Å²) in [5, 5.41) is 12.2. The molecule has 0 aliphatic carbocycles. The molecule has 0 saturated carbocycles. The topological polar surface area (TPSA) is 149 Å². The van der Waals surface area contributed by atoms with Crippen molar-refractivity contribution in [3.63, 3.8) is 0 Å². The number of carbonyl (C=O) groups excluding carboxylic acids is 4. The summed E-state index contributed by atoms with van der Waals surface area (Å²) in [7, 11) is 0. The normalized spacial score (nSPS) is 19.0. The van der Waals surface area contributed by atoms with Gasteiger partial charge in [-0.15, -0.1) is 0 Å². The summed E-state index contributed by atoms with van der Waals surface area (Å²) in [6.07, 6.45) is 3.82. The fourth-order valence-electron chi connectivity index (χ4n) is 7.97. The van der Waals surface area contributed by atoms with E-state index in [1.807, 2.05) is 48.5 Å². The number of likely N-dealkylation sites (tertiary alicyclic amines) is 1. The summed E-state index contributed by atoms with van der Waals surface area (Å²) in [6, 6.07) is 22.0. The summed E-state index contributed by atoms with van der Waals surface area (Å²) >= 11 is 6.28. The van der Waals surface area contributed by atoms with E-state index in [9.17, 15) is 24.4 Å². The highest BCUT2D eigenvalue weighted by atomic mass is 35.5. The van der Waals surface area contributed by atoms with Crippen molar-refractivity contribution in [2.75, 3.05) is 31.1 Å². The Balaban J connectivity index is 0.804. The lowest BCUT2D eigenvalue weighted by atomic mass is 9.78. The average molecular weight is 782 g/mol. The van der Waals surface area contributed by atoms with Crippen LogP contribution in [0.5, 0.6) is 5.75 Å². The summed E-state index contributed by atoms with van der Waals surface area (Å²) in [6.45, 7) is 7.96. The SMILES string of the molecule is CC(C)(c1ccc(OCc2ccnc(C#CC3CCN(C4CN(c5ccc6c(c5)C(=O)N(C5CCC(=O)NC5=O)C6=O)C4)CC3)n2)cc1)c1cc(Cl)cc(C#N)c1. The molecule has 1 atom stereocenters. The minimum Gasteiger partial charge on any atom is -0.487 e. The number of benzene rings is 3. The van der Waals surface area contributed by atoms with Crippen LogP contribution in [0.2, 0.25) is 5.02 Å². The highest BCUT2D eigenvalue weighted by molar-refractivity contribution is 6.30. The van der Waals surface area contributed by atoms with Crippen LogP contribution in [0.15, 0.2) is 72.9 Å². The molecule has 3 aromatic carbocycles. The van der Waals surface area contributed by atoms with Crippen LogP contribution in [0.4, 0.5) is 5.69 Å². The largest absolute Gasteiger partial charge is 0.487 e. The number of aromatic nitrogens is 2. The third-order valence-corrected chi connectivity index (χ3v) is 11.7. The fourth-order valence-corrected chi connectivity index (χ4v) is 8.21. The third kappa shape index (κ3) is 7.71. The molecule has 4 aliphatic heterocycles. The molecule has 0 radical (unpaired) electrons. The number of nitrogens with zero attached hydrogens (tertiary/aromatic N) is 6. The molecule has 0 bridgehead atoms. The monoisotopic (exact) mass is 781 g/mol. The Hall–Kier alpha value is -6.08. The van der Waals surface area contributed by atoms with Crippen LogP contribution in [-0.2, 0) is 21.6 Å². The number of hydrogen-bond donors (Lipinski definition) is 1. The molecule has 1 aromatic heterocycles. The Morgan fingerprint density at radius 2 is 1.67 bits per heavy atom. The predicted molar refractivity (Wildman–Crippen MR) is 211 cm³/mol. The van der Waals surface area contributed by atoms with Gasteiger partial charge in [0.2, 0.25) is 17.6 Å². The fraction of sp³-hybridized carbons (Fsp3) is 0.341. The third-order valence-electron chi connectivity index (χ3n) is 11.5. The number of rotatable bonds is 8. The first-order valence-corrected chi connectivity index (χ1v) is 19.5. The van der Waals surface area contributed by atoms with Gasteiger partial charge in [-0.2, -0.15) is 5.26 Å². The zero-order chi connectivity index (χ0) is 39.8. The minimum atomic E-state index is -0.976. The Kier molecular flexibility index (Phi) is 10.3. The average Bonchev–Trinajstić information content (AvgIpc) is 3.44. The number of fused-ring (bicyclic) bond motifs is 1. The number of piperidine rings is 2. The summed E-state index contributed by atoms with van der Waals surface area (Å²) < 4.78 is 6.05. The van der Waals surface area contributed by atoms with Crippen LogP contribution in [0.25, 0.3) is 0 Å². The second kappa shape index (κ2) is 15.5. The van der Waals surface area contributed by atoms with Gasteiger partial charge in [-0.1, -0.05) is 43.5 Å². The Morgan fingerprint density at radius 1 is 0.912 bits per heavy atom. The van der Waals surface area contributed by atoms with Crippen molar-refractivity contribution in [1.29, 1.82) is 5.26 Å². The molecule has 5 heterocycles. The van der Waals surface area contributed by atoms with Crippen molar-refractivity contribution < 1.29 is 23.9 Å². The lowest BCUT2D eigenvalue weighted by Gasteiger charge is -2.48. The lowest BCUT2D eigenvalue weighted by molar-refractivity contribution is -0.136. The van der Waals surface area contributed by atoms with E-state index in [-0.39, 0.29) is 36.3 Å². The molecule has 4 aromatic rings. The van der Waals surface area contributed by atoms with E-state index in [4.69, 9.17) is 16.3 Å². The maximum Gasteiger partial charge on any atom is 0.262 e. The van der Waals surface area contributed by atoms with Crippen LogP contribution < -0.4 is 15.0 Å². The Bertz CT molecular complexity index is 2380. The second-order valence-corrected chi connectivity index (χ2v) is 15.9. The van der Waals surface area contributed by atoms with E-state index in [1.165, 1.54) is 0 Å². The summed E-state index contributed by atoms with van der Waals surface area (Å²) in [5.74, 6) is 6.01. The Morgan fingerprint density at radius 3 is 2.40 bits per heavy atom. The highest BCUT2D eigenvalue weighted by Gasteiger charge is 2.45. The van der Waals surface area contributed by atoms with Gasteiger partial charge < -0.3 is 9.64 Å². The first kappa shape index (κ1) is 37.8. The van der Waals surface area contributed by atoms with Gasteiger partial charge in [0.15, 0.2) is 0 Å². The molecule has 3 saturated heterocycles. The number of carbonyl (C=O) groups is 4. The van der Waals surface area contributed by atoms with Crippen LogP contribution >= 0.6 is 11.6 Å². The first-order valence-electron chi connectivity index (χ1n) is 19.1. The van der Waals surface area contributed by atoms with Crippen LogP contribution in [-0.4, -0.2) is 81.7 Å². The van der Waals surface area contributed by atoms with E-state index >= 15 is 0 Å². The van der Waals surface area contributed by atoms with E-state index < -0.39 is 29.7 Å². The van der Waals surface area contributed by atoms with E-state index in [0.29, 0.717) is 33.8 Å². The molecule has 4 aliphatic rings. The minimum absolute atomic E-state index is 0.0881. The van der Waals surface area contributed by atoms with Crippen LogP contribution in [0.1, 0.15) is 88.5 Å². The molecule has 0 spiro atoms. The molecule has 8 rings (SSSR count). The first-order chi connectivity index (χ1) is 27.5. The number of halogens is 1. The van der Waals surface area contributed by atoms with Crippen LogP contribution in [0, 0.1) is 29.1 Å². The smallest absolute Gasteiger partial charge is 0.262 e. The molecule has 4 amide bonds. The van der Waals surface area contributed by atoms with Crippen molar-refractivity contribution in [2.45, 2.75) is 63.6 Å². The highest BCUT2D eigenvalue weighted by Crippen LogP contribution is 2.36. The molecule has 288 valence electrons. The quantitative estimate of drug-likeness (QED) is 0.185. The number of ether oxygens (including phenoxy) is 1. The number of imide groups is 2. The van der Waals surface area contributed by atoms with E-state index in [1.54, 1.807) is 24.4 Å². The molecule has 1 N–H and O–H groups in total. The van der Waals surface area contributed by atoms with Crippen molar-refractivity contribution in [3.05, 3.63) is 117 Å². The molecular formula is C44H40ClN7O5. The van der Waals surface area contributed by atoms with Gasteiger partial charge in [0.25, 0.3) is 11.8 Å². The predicted octanol–water partition coefficient (Wildman–Crippen LogP) is 5.26. The molecule has 1 unspecified atom stereocenters. The zero-order valence-electron chi connectivity index (χ0n) is 31.6. The van der Waals surface area contributed by atoms with Gasteiger partial charge >= 0.3 is 0 Å². The van der Waals surface area contributed by atoms with Gasteiger partial charge in [0.05, 0.1) is 28.5 Å². The zero-order valence-corrected chi connectivity index (χ0v) is 32.4. The summed E-state index contributed by atoms with van der Waals surface area (Å²) in [5.41, 5.74) is 4.38. The second-order valence-electron chi connectivity index (χ2n) is 15.5. The molecular weight excluding hydrogens is 742 g/mol. The van der Waals surface area contributed by atoms with E-state index in [2.05, 4.69) is 56.8 Å². The molecule has 13 heteroatoms. The lowest BCUT2D eigenvalue weighted by Crippen LogP contribution is -2.61. The van der Waals surface area contributed by atoms with Crippen molar-refractivity contribution in [1.82, 2.24) is 25.1 Å². The van der Waals surface area contributed by atoms with Crippen molar-refractivity contribution in [3.8, 4) is 23.7 Å². The van der Waals surface area contributed by atoms with Crippen LogP contribution in [0.3, 0.4) is 0 Å². The standard InChI is InChI=1S/C44H40ClN7O5/c1-44(2,30-19-28(23-46)20-31(45)21-30)29-4-7-35(8-5-29)57-26-32-13-16-47-39(48-32)11-3-27-14-17-50(18-15-27)34-24-51(25-34)33-6-9-36-37(22-33)43(56)52(42(36)55)38-10-12-40(53)49-41(38)54/h4-9,13,16,19-22,27,34,38H,10,12,14-15,17-18,24-26H2,1-2H3,(H,49,53,54). The van der Waals surface area contributed by atoms with Crippen molar-refractivity contribution >= 4 is 40.9 Å².